The number of rotatable bonds is 6. The van der Waals surface area contributed by atoms with Crippen LogP contribution >= 0.6 is 22.6 Å². The molecule has 25 heavy (non-hydrogen) atoms. The third-order valence-electron chi connectivity index (χ3n) is 4.13. The summed E-state index contributed by atoms with van der Waals surface area (Å²) in [5.41, 5.74) is 3.59. The number of carbonyl (C=O) groups is 2. The van der Waals surface area contributed by atoms with E-state index in [1.165, 1.54) is 0 Å². The third kappa shape index (κ3) is 5.26. The fourth-order valence-corrected chi connectivity index (χ4v) is 3.35. The lowest BCUT2D eigenvalue weighted by molar-refractivity contribution is -0.109. The highest BCUT2D eigenvalue weighted by molar-refractivity contribution is 14.1. The summed E-state index contributed by atoms with van der Waals surface area (Å²) in [6.07, 6.45) is 0.474. The molecule has 0 spiro atoms. The summed E-state index contributed by atoms with van der Waals surface area (Å²) in [6, 6.07) is 9.09. The minimum Gasteiger partial charge on any atom is -0.348 e. The van der Waals surface area contributed by atoms with E-state index in [-0.39, 0.29) is 27.7 Å². The number of halogens is 1. The van der Waals surface area contributed by atoms with Gasteiger partial charge in [0.2, 0.25) is 0 Å². The molecular weight excluding hydrogens is 431 g/mol. The van der Waals surface area contributed by atoms with Gasteiger partial charge in [0.15, 0.2) is 3.79 Å². The number of carbonyl (C=O) groups excluding carboxylic acids is 2. The molecule has 0 fully saturated rings. The highest BCUT2D eigenvalue weighted by Gasteiger charge is 2.12. The fraction of sp³-hybridized carbons (Fsp3) is 0.316. The van der Waals surface area contributed by atoms with Crippen molar-refractivity contribution in [1.82, 2.24) is 10.3 Å². The van der Waals surface area contributed by atoms with E-state index in [1.54, 1.807) is 34.7 Å². The number of nitrogens with one attached hydrogen (secondary N) is 2. The highest BCUT2D eigenvalue weighted by atomic mass is 127. The molecule has 1 aromatic heterocycles. The number of amides is 1. The van der Waals surface area contributed by atoms with Gasteiger partial charge >= 0.3 is 0 Å². The molecule has 1 unspecified atom stereocenters. The molecule has 2 N–H and O–H groups in total. The van der Waals surface area contributed by atoms with Crippen molar-refractivity contribution in [2.24, 2.45) is 0 Å². The molecule has 0 aliphatic heterocycles. The van der Waals surface area contributed by atoms with Gasteiger partial charge in [-0.05, 0) is 71.7 Å². The summed E-state index contributed by atoms with van der Waals surface area (Å²) in [7, 11) is 0. The molecule has 0 radical (unpaired) electrons. The molecule has 2 rings (SSSR count). The van der Waals surface area contributed by atoms with Crippen LogP contribution in [0.1, 0.15) is 52.0 Å². The average Bonchev–Trinajstić information content (AvgIpc) is 2.53. The molecule has 0 bridgehead atoms. The van der Waals surface area contributed by atoms with Gasteiger partial charge in [-0.15, -0.1) is 0 Å². The molecule has 0 aliphatic rings. The molecule has 1 atom stereocenters. The van der Waals surface area contributed by atoms with E-state index in [1.807, 2.05) is 39.0 Å². The Kier molecular flexibility index (Phi) is 6.52. The number of aromatic nitrogens is 1. The Hall–Kier alpha value is -1.96. The minimum atomic E-state index is -0.233. The van der Waals surface area contributed by atoms with Crippen LogP contribution in [0.5, 0.6) is 0 Å². The maximum atomic E-state index is 12.3. The largest absolute Gasteiger partial charge is 0.348 e. The van der Waals surface area contributed by atoms with Crippen LogP contribution in [0.15, 0.2) is 35.1 Å². The van der Waals surface area contributed by atoms with E-state index in [9.17, 15) is 14.4 Å². The van der Waals surface area contributed by atoms with Gasteiger partial charge in [0, 0.05) is 29.8 Å². The first-order valence-corrected chi connectivity index (χ1v) is 9.11. The van der Waals surface area contributed by atoms with Crippen LogP contribution in [0.4, 0.5) is 0 Å². The topological polar surface area (TPSA) is 79.0 Å². The van der Waals surface area contributed by atoms with E-state index in [2.05, 4.69) is 10.3 Å². The number of pyridine rings is 1. The molecule has 1 aromatic carbocycles. The normalized spacial score (nSPS) is 11.8. The van der Waals surface area contributed by atoms with Crippen molar-refractivity contribution >= 4 is 32.3 Å². The zero-order valence-electron chi connectivity index (χ0n) is 14.5. The molecule has 1 amide bonds. The Morgan fingerprint density at radius 3 is 2.40 bits per heavy atom. The predicted octanol–water partition coefficient (Wildman–Crippen LogP) is 3.38. The third-order valence-corrected chi connectivity index (χ3v) is 4.57. The second-order valence-corrected chi connectivity index (χ2v) is 7.41. The monoisotopic (exact) mass is 452 g/mol. The zero-order chi connectivity index (χ0) is 18.6. The Balaban J connectivity index is 2.04. The van der Waals surface area contributed by atoms with Gasteiger partial charge in [0.1, 0.15) is 0 Å². The van der Waals surface area contributed by atoms with E-state index in [0.29, 0.717) is 17.5 Å². The van der Waals surface area contributed by atoms with Gasteiger partial charge in [-0.25, -0.2) is 0 Å². The Bertz CT molecular complexity index is 841. The van der Waals surface area contributed by atoms with Gasteiger partial charge in [-0.2, -0.15) is 0 Å². The summed E-state index contributed by atoms with van der Waals surface area (Å²) in [6.45, 7) is 5.85. The average molecular weight is 452 g/mol. The number of aromatic amines is 1. The Morgan fingerprint density at radius 1 is 1.20 bits per heavy atom. The number of aryl methyl sites for hydroxylation is 2. The van der Waals surface area contributed by atoms with Crippen LogP contribution in [0, 0.1) is 13.8 Å². The lowest BCUT2D eigenvalue weighted by Gasteiger charge is -2.11. The van der Waals surface area contributed by atoms with E-state index < -0.39 is 0 Å². The first-order chi connectivity index (χ1) is 11.8. The van der Waals surface area contributed by atoms with Crippen molar-refractivity contribution in [3.05, 3.63) is 68.6 Å². The Morgan fingerprint density at radius 2 is 1.84 bits per heavy atom. The lowest BCUT2D eigenvalue weighted by Crippen LogP contribution is -2.27. The molecule has 0 saturated carbocycles. The number of hydrogen-bond acceptors (Lipinski definition) is 3. The van der Waals surface area contributed by atoms with Gasteiger partial charge in [0.05, 0.1) is 0 Å². The summed E-state index contributed by atoms with van der Waals surface area (Å²) in [5.74, 6) is -0.112. The van der Waals surface area contributed by atoms with E-state index in [0.717, 1.165) is 16.8 Å². The number of H-pyrrole nitrogens is 1. The smallest absolute Gasteiger partial charge is 0.253 e. The standard InChI is InChI=1S/C19H21IN2O3/c1-11(9-17(20)23)14-4-6-15(7-5-14)18(24)21-10-16-12(2)8-13(3)22-19(16)25/h4-8,11H,9-10H2,1-3H3,(H,21,24)(H,22,25). The van der Waals surface area contributed by atoms with Gasteiger partial charge in [0.25, 0.3) is 11.5 Å². The van der Waals surface area contributed by atoms with Crippen molar-refractivity contribution in [1.29, 1.82) is 0 Å². The molecule has 6 heteroatoms. The van der Waals surface area contributed by atoms with E-state index in [4.69, 9.17) is 0 Å². The van der Waals surface area contributed by atoms with Gasteiger partial charge in [-0.1, -0.05) is 19.1 Å². The van der Waals surface area contributed by atoms with Crippen LogP contribution < -0.4 is 10.9 Å². The highest BCUT2D eigenvalue weighted by Crippen LogP contribution is 2.21. The quantitative estimate of drug-likeness (QED) is 0.521. The molecule has 1 heterocycles. The van der Waals surface area contributed by atoms with Crippen LogP contribution in [-0.4, -0.2) is 14.7 Å². The minimum absolute atomic E-state index is 0.116. The molecule has 0 saturated heterocycles. The molecule has 5 nitrogen and oxygen atoms in total. The molecular formula is C19H21IN2O3. The second kappa shape index (κ2) is 8.42. The van der Waals surface area contributed by atoms with Crippen molar-refractivity contribution in [2.45, 2.75) is 39.7 Å². The van der Waals surface area contributed by atoms with Crippen molar-refractivity contribution in [3.8, 4) is 0 Å². The first kappa shape index (κ1) is 19.4. The summed E-state index contributed by atoms with van der Waals surface area (Å²) in [5, 5.41) is 2.78. The van der Waals surface area contributed by atoms with Crippen LogP contribution in [0.3, 0.4) is 0 Å². The first-order valence-electron chi connectivity index (χ1n) is 8.04. The summed E-state index contributed by atoms with van der Waals surface area (Å²) in [4.78, 5) is 38.2. The van der Waals surface area contributed by atoms with Gasteiger partial charge < -0.3 is 10.3 Å². The number of hydrogen-bond donors (Lipinski definition) is 2. The summed E-state index contributed by atoms with van der Waals surface area (Å²) < 4.78 is 0.116. The van der Waals surface area contributed by atoms with Crippen LogP contribution in [0.25, 0.3) is 0 Å². The van der Waals surface area contributed by atoms with Crippen molar-refractivity contribution in [2.75, 3.05) is 0 Å². The maximum Gasteiger partial charge on any atom is 0.253 e. The predicted molar refractivity (Wildman–Crippen MR) is 106 cm³/mol. The Labute approximate surface area is 160 Å². The zero-order valence-corrected chi connectivity index (χ0v) is 16.6. The van der Waals surface area contributed by atoms with Crippen molar-refractivity contribution < 1.29 is 9.59 Å². The lowest BCUT2D eigenvalue weighted by atomic mass is 9.97. The van der Waals surface area contributed by atoms with Crippen LogP contribution in [0.2, 0.25) is 0 Å². The maximum absolute atomic E-state index is 12.3. The molecule has 2 aromatic rings. The SMILES string of the molecule is Cc1cc(C)c(CNC(=O)c2ccc(C(C)CC(=O)I)cc2)c(=O)[nH]1. The second-order valence-electron chi connectivity index (χ2n) is 6.21. The van der Waals surface area contributed by atoms with Crippen LogP contribution in [-0.2, 0) is 11.3 Å². The summed E-state index contributed by atoms with van der Waals surface area (Å²) >= 11 is 1.79. The van der Waals surface area contributed by atoms with Crippen molar-refractivity contribution in [3.63, 3.8) is 0 Å². The molecule has 132 valence electrons. The number of benzene rings is 1. The fourth-order valence-electron chi connectivity index (χ4n) is 2.69. The van der Waals surface area contributed by atoms with E-state index >= 15 is 0 Å². The molecule has 0 aliphatic carbocycles. The van der Waals surface area contributed by atoms with Gasteiger partial charge in [-0.3, -0.25) is 14.4 Å².